The molecule has 0 atom stereocenters. The van der Waals surface area contributed by atoms with Crippen LogP contribution >= 0.6 is 22.6 Å². The van der Waals surface area contributed by atoms with Gasteiger partial charge in [0.1, 0.15) is 5.75 Å². The van der Waals surface area contributed by atoms with Crippen LogP contribution in [-0.2, 0) is 0 Å². The van der Waals surface area contributed by atoms with Gasteiger partial charge in [0.05, 0.1) is 29.6 Å². The summed E-state index contributed by atoms with van der Waals surface area (Å²) < 4.78 is 8.75. The fourth-order valence-electron chi connectivity index (χ4n) is 2.70. The molecule has 4 nitrogen and oxygen atoms in total. The Morgan fingerprint density at radius 1 is 1.53 bits per heavy atom. The number of hydrogen-bond acceptors (Lipinski definition) is 3. The first-order valence-corrected chi connectivity index (χ1v) is 7.99. The number of rotatable bonds is 4. The second-order valence-electron chi connectivity index (χ2n) is 5.40. The van der Waals surface area contributed by atoms with E-state index in [0.717, 1.165) is 40.7 Å². The fraction of sp³-hybridized carbons (Fsp3) is 0.500. The third kappa shape index (κ3) is 2.58. The Kier molecular flexibility index (Phi) is 3.42. The minimum absolute atomic E-state index is 0.362. The predicted molar refractivity (Wildman–Crippen MR) is 83.0 cm³/mol. The van der Waals surface area contributed by atoms with E-state index in [1.54, 1.807) is 0 Å². The van der Waals surface area contributed by atoms with E-state index in [4.69, 9.17) is 4.74 Å². The van der Waals surface area contributed by atoms with E-state index in [1.807, 2.05) is 25.4 Å². The lowest BCUT2D eigenvalue weighted by Crippen LogP contribution is -2.41. The highest BCUT2D eigenvalue weighted by molar-refractivity contribution is 14.1. The number of aromatic nitrogens is 2. The monoisotopic (exact) mass is 372 g/mol. The van der Waals surface area contributed by atoms with Crippen molar-refractivity contribution in [1.82, 2.24) is 9.55 Å². The molecule has 1 aliphatic rings. The third-order valence-corrected chi connectivity index (χ3v) is 4.08. The van der Waals surface area contributed by atoms with Crippen molar-refractivity contribution in [3.05, 3.63) is 24.5 Å². The molecule has 0 saturated heterocycles. The minimum atomic E-state index is -0.509. The summed E-state index contributed by atoms with van der Waals surface area (Å²) in [4.78, 5) is 4.44. The topological polar surface area (TPSA) is 47.3 Å². The normalized spacial score (nSPS) is 26.4. The lowest BCUT2D eigenvalue weighted by atomic mass is 9.77. The molecule has 19 heavy (non-hydrogen) atoms. The molecule has 1 heterocycles. The van der Waals surface area contributed by atoms with E-state index < -0.39 is 5.60 Å². The van der Waals surface area contributed by atoms with Crippen molar-refractivity contribution in [1.29, 1.82) is 0 Å². The molecular formula is C14H17IN2O2. The highest BCUT2D eigenvalue weighted by Crippen LogP contribution is 2.42. The summed E-state index contributed by atoms with van der Waals surface area (Å²) in [5, 5.41) is 9.84. The lowest BCUT2D eigenvalue weighted by Gasteiger charge is -2.41. The van der Waals surface area contributed by atoms with E-state index in [0.29, 0.717) is 6.04 Å². The maximum Gasteiger partial charge on any atom is 0.121 e. The number of hydrogen-bond donors (Lipinski definition) is 1. The van der Waals surface area contributed by atoms with Crippen LogP contribution in [-0.4, -0.2) is 31.3 Å². The van der Waals surface area contributed by atoms with Crippen LogP contribution in [0.5, 0.6) is 5.75 Å². The molecule has 1 N–H and O–H groups in total. The van der Waals surface area contributed by atoms with E-state index in [2.05, 4.69) is 38.2 Å². The van der Waals surface area contributed by atoms with E-state index >= 15 is 0 Å². The van der Waals surface area contributed by atoms with Gasteiger partial charge in [-0.25, -0.2) is 4.98 Å². The molecule has 1 fully saturated rings. The summed E-state index contributed by atoms with van der Waals surface area (Å²) >= 11 is 2.29. The van der Waals surface area contributed by atoms with Crippen LogP contribution in [0.1, 0.15) is 25.8 Å². The van der Waals surface area contributed by atoms with Crippen LogP contribution in [0.25, 0.3) is 11.0 Å². The van der Waals surface area contributed by atoms with Gasteiger partial charge in [-0.15, -0.1) is 0 Å². The second-order valence-corrected chi connectivity index (χ2v) is 6.48. The van der Waals surface area contributed by atoms with Gasteiger partial charge in [0.15, 0.2) is 0 Å². The van der Waals surface area contributed by atoms with Gasteiger partial charge in [-0.2, -0.15) is 0 Å². The summed E-state index contributed by atoms with van der Waals surface area (Å²) in [5.41, 5.74) is 1.56. The van der Waals surface area contributed by atoms with Gasteiger partial charge in [0.25, 0.3) is 0 Å². The number of benzene rings is 1. The molecule has 5 heteroatoms. The Hall–Kier alpha value is -0.820. The Morgan fingerprint density at radius 3 is 3.00 bits per heavy atom. The molecule has 0 radical (unpaired) electrons. The lowest BCUT2D eigenvalue weighted by molar-refractivity contribution is -0.0498. The van der Waals surface area contributed by atoms with Crippen LogP contribution in [0.3, 0.4) is 0 Å². The van der Waals surface area contributed by atoms with Crippen molar-refractivity contribution in [3.63, 3.8) is 0 Å². The molecule has 1 saturated carbocycles. The zero-order chi connectivity index (χ0) is 13.5. The first-order chi connectivity index (χ1) is 9.09. The number of nitrogens with zero attached hydrogens (tertiary/aromatic N) is 2. The summed E-state index contributed by atoms with van der Waals surface area (Å²) in [6, 6.07) is 6.39. The molecule has 0 spiro atoms. The summed E-state index contributed by atoms with van der Waals surface area (Å²) in [6.07, 6.45) is 3.46. The molecule has 0 amide bonds. The number of ether oxygens (including phenoxy) is 1. The maximum atomic E-state index is 9.84. The van der Waals surface area contributed by atoms with Crippen molar-refractivity contribution in [2.75, 3.05) is 11.0 Å². The van der Waals surface area contributed by atoms with Crippen molar-refractivity contribution in [2.45, 2.75) is 31.4 Å². The Bertz CT molecular complexity index is 586. The SMILES string of the molecule is C[C@]1(O)C[C@@H](n2cnc3cc(OCCI)ccc32)C1. The smallest absolute Gasteiger partial charge is 0.121 e. The highest BCUT2D eigenvalue weighted by Gasteiger charge is 2.39. The molecule has 0 bridgehead atoms. The molecule has 102 valence electrons. The third-order valence-electron chi connectivity index (χ3n) is 3.64. The van der Waals surface area contributed by atoms with Crippen LogP contribution in [0.2, 0.25) is 0 Å². The van der Waals surface area contributed by atoms with Crippen molar-refractivity contribution < 1.29 is 9.84 Å². The van der Waals surface area contributed by atoms with Crippen LogP contribution in [0.4, 0.5) is 0 Å². The maximum absolute atomic E-state index is 9.84. The first kappa shape index (κ1) is 13.2. The Labute approximate surface area is 125 Å². The van der Waals surface area contributed by atoms with E-state index in [9.17, 15) is 5.11 Å². The summed E-state index contributed by atoms with van der Waals surface area (Å²) in [5.74, 6) is 0.870. The fourth-order valence-corrected chi connectivity index (χ4v) is 2.92. The number of fused-ring (bicyclic) bond motifs is 1. The van der Waals surface area contributed by atoms with Crippen molar-refractivity contribution >= 4 is 33.6 Å². The Balaban J connectivity index is 1.84. The quantitative estimate of drug-likeness (QED) is 0.663. The average molecular weight is 372 g/mol. The molecule has 1 aromatic heterocycles. The van der Waals surface area contributed by atoms with Crippen molar-refractivity contribution in [3.8, 4) is 5.75 Å². The van der Waals surface area contributed by atoms with Gasteiger partial charge >= 0.3 is 0 Å². The second kappa shape index (κ2) is 4.94. The van der Waals surface area contributed by atoms with Crippen LogP contribution in [0.15, 0.2) is 24.5 Å². The molecule has 1 aliphatic carbocycles. The highest BCUT2D eigenvalue weighted by atomic mass is 127. The molecule has 2 aromatic rings. The van der Waals surface area contributed by atoms with Crippen molar-refractivity contribution in [2.24, 2.45) is 0 Å². The van der Waals surface area contributed by atoms with E-state index in [-0.39, 0.29) is 0 Å². The zero-order valence-electron chi connectivity index (χ0n) is 10.8. The van der Waals surface area contributed by atoms with Gasteiger partial charge < -0.3 is 14.4 Å². The van der Waals surface area contributed by atoms with Crippen LogP contribution in [0, 0.1) is 0 Å². The van der Waals surface area contributed by atoms with Gasteiger partial charge in [0.2, 0.25) is 0 Å². The number of imidazole rings is 1. The average Bonchev–Trinajstić information content (AvgIpc) is 2.76. The minimum Gasteiger partial charge on any atom is -0.493 e. The molecule has 0 aliphatic heterocycles. The zero-order valence-corrected chi connectivity index (χ0v) is 13.0. The van der Waals surface area contributed by atoms with Gasteiger partial charge in [-0.1, -0.05) is 22.6 Å². The number of alkyl halides is 1. The summed E-state index contributed by atoms with van der Waals surface area (Å²) in [6.45, 7) is 2.61. The number of aliphatic hydroxyl groups is 1. The first-order valence-electron chi connectivity index (χ1n) is 6.47. The molecule has 1 aromatic carbocycles. The predicted octanol–water partition coefficient (Wildman–Crippen LogP) is 2.94. The summed E-state index contributed by atoms with van der Waals surface area (Å²) in [7, 11) is 0. The standard InChI is InChI=1S/C14H17IN2O2/c1-14(18)7-10(8-14)17-9-16-12-6-11(19-5-4-15)2-3-13(12)17/h2-3,6,9-10,18H,4-5,7-8H2,1H3/t10-,14+. The molecular weight excluding hydrogens is 355 g/mol. The largest absolute Gasteiger partial charge is 0.493 e. The van der Waals surface area contributed by atoms with E-state index in [1.165, 1.54) is 0 Å². The molecule has 3 rings (SSSR count). The molecule has 0 unspecified atom stereocenters. The Morgan fingerprint density at radius 2 is 2.32 bits per heavy atom. The van der Waals surface area contributed by atoms with Gasteiger partial charge in [0, 0.05) is 16.5 Å². The number of halogens is 1. The van der Waals surface area contributed by atoms with Crippen LogP contribution < -0.4 is 4.74 Å². The van der Waals surface area contributed by atoms with Gasteiger partial charge in [-0.3, -0.25) is 0 Å². The van der Waals surface area contributed by atoms with Gasteiger partial charge in [-0.05, 0) is 31.9 Å².